The molecule has 0 bridgehead atoms. The molecule has 2 aromatic heterocycles. The molecule has 0 aliphatic carbocycles. The van der Waals surface area contributed by atoms with Gasteiger partial charge in [-0.3, -0.25) is 4.79 Å². The van der Waals surface area contributed by atoms with Crippen LogP contribution in [0.5, 0.6) is 0 Å². The summed E-state index contributed by atoms with van der Waals surface area (Å²) < 4.78 is 40.3. The van der Waals surface area contributed by atoms with Gasteiger partial charge in [-0.25, -0.2) is 4.98 Å². The van der Waals surface area contributed by atoms with E-state index in [1.807, 2.05) is 0 Å². The molecule has 1 N–H and O–H groups in total. The molecule has 0 fully saturated rings. The molecule has 0 radical (unpaired) electrons. The Morgan fingerprint density at radius 3 is 2.45 bits per heavy atom. The van der Waals surface area contributed by atoms with Crippen molar-refractivity contribution in [2.24, 2.45) is 0 Å². The Kier molecular flexibility index (Phi) is 5.60. The average Bonchev–Trinajstić information content (AvgIpc) is 3.14. The van der Waals surface area contributed by atoms with Crippen molar-refractivity contribution in [2.75, 3.05) is 5.32 Å². The van der Waals surface area contributed by atoms with Crippen molar-refractivity contribution in [3.8, 4) is 11.3 Å². The first kappa shape index (κ1) is 21.5. The number of fused-ring (bicyclic) bond motifs is 1. The van der Waals surface area contributed by atoms with E-state index in [-0.39, 0.29) is 26.3 Å². The Bertz CT molecular complexity index is 1320. The van der Waals surface area contributed by atoms with Crippen LogP contribution in [0.4, 0.5) is 18.9 Å². The van der Waals surface area contributed by atoms with Crippen molar-refractivity contribution in [2.45, 2.75) is 6.18 Å². The second kappa shape index (κ2) is 8.07. The molecule has 31 heavy (non-hydrogen) atoms. The lowest BCUT2D eigenvalue weighted by molar-refractivity contribution is -0.137. The standard InChI is InChI=1S/C21H11Cl3F3N3O/c22-15-6-2-5-14(18(15)24)20(31)28-13-4-1-3-11(7-13)17-10-30-9-12(21(25,26)27)8-16(23)19(30)29-17/h1-10H,(H,28,31). The molecule has 1 amide bonds. The van der Waals surface area contributed by atoms with Crippen molar-refractivity contribution in [1.29, 1.82) is 0 Å². The van der Waals surface area contributed by atoms with Crippen LogP contribution in [0.25, 0.3) is 16.9 Å². The number of hydrogen-bond donors (Lipinski definition) is 1. The van der Waals surface area contributed by atoms with Crippen LogP contribution in [0.3, 0.4) is 0 Å². The Labute approximate surface area is 189 Å². The lowest BCUT2D eigenvalue weighted by atomic mass is 10.1. The van der Waals surface area contributed by atoms with Crippen LogP contribution in [0.2, 0.25) is 15.1 Å². The first-order chi connectivity index (χ1) is 14.6. The number of nitrogens with zero attached hydrogens (tertiary/aromatic N) is 2. The summed E-state index contributed by atoms with van der Waals surface area (Å²) in [5.74, 6) is -0.461. The van der Waals surface area contributed by atoms with Crippen molar-refractivity contribution < 1.29 is 18.0 Å². The summed E-state index contributed by atoms with van der Waals surface area (Å²) in [5.41, 5.74) is 0.913. The largest absolute Gasteiger partial charge is 0.417 e. The number of anilines is 1. The summed E-state index contributed by atoms with van der Waals surface area (Å²) >= 11 is 18.0. The smallest absolute Gasteiger partial charge is 0.322 e. The molecule has 0 saturated carbocycles. The molecule has 2 heterocycles. The predicted octanol–water partition coefficient (Wildman–Crippen LogP) is 7.23. The molecule has 10 heteroatoms. The number of benzene rings is 2. The van der Waals surface area contributed by atoms with Gasteiger partial charge in [0.2, 0.25) is 0 Å². The van der Waals surface area contributed by atoms with Crippen molar-refractivity contribution in [1.82, 2.24) is 9.38 Å². The maximum absolute atomic E-state index is 13.0. The molecule has 4 rings (SSSR count). The lowest BCUT2D eigenvalue weighted by Crippen LogP contribution is -2.12. The molecule has 0 aliphatic rings. The van der Waals surface area contributed by atoms with Gasteiger partial charge in [0.1, 0.15) is 0 Å². The van der Waals surface area contributed by atoms with E-state index in [9.17, 15) is 18.0 Å². The molecule has 2 aromatic carbocycles. The van der Waals surface area contributed by atoms with E-state index in [2.05, 4.69) is 10.3 Å². The molecule has 4 nitrogen and oxygen atoms in total. The zero-order valence-electron chi connectivity index (χ0n) is 15.3. The molecule has 158 valence electrons. The van der Waals surface area contributed by atoms with Crippen LogP contribution >= 0.6 is 34.8 Å². The van der Waals surface area contributed by atoms with Crippen molar-refractivity contribution >= 4 is 52.0 Å². The van der Waals surface area contributed by atoms with Crippen molar-refractivity contribution in [3.05, 3.63) is 87.1 Å². The number of rotatable bonds is 3. The van der Waals surface area contributed by atoms with Gasteiger partial charge in [-0.15, -0.1) is 0 Å². The zero-order valence-corrected chi connectivity index (χ0v) is 17.6. The number of pyridine rings is 1. The van der Waals surface area contributed by atoms with Gasteiger partial charge in [-0.1, -0.05) is 53.0 Å². The summed E-state index contributed by atoms with van der Waals surface area (Å²) in [6.45, 7) is 0. The fourth-order valence-corrected chi connectivity index (χ4v) is 3.63. The van der Waals surface area contributed by atoms with Gasteiger partial charge in [-0.05, 0) is 30.3 Å². The zero-order chi connectivity index (χ0) is 22.3. The van der Waals surface area contributed by atoms with E-state index < -0.39 is 17.6 Å². The number of aromatic nitrogens is 2. The van der Waals surface area contributed by atoms with Gasteiger partial charge in [0.15, 0.2) is 5.65 Å². The van der Waals surface area contributed by atoms with Crippen molar-refractivity contribution in [3.63, 3.8) is 0 Å². The van der Waals surface area contributed by atoms with Crippen LogP contribution < -0.4 is 5.32 Å². The monoisotopic (exact) mass is 483 g/mol. The van der Waals surface area contributed by atoms with Gasteiger partial charge in [0.25, 0.3) is 5.91 Å². The number of carbonyl (C=O) groups is 1. The third kappa shape index (κ3) is 4.35. The average molecular weight is 485 g/mol. The number of hydrogen-bond acceptors (Lipinski definition) is 2. The highest BCUT2D eigenvalue weighted by molar-refractivity contribution is 6.44. The van der Waals surface area contributed by atoms with Gasteiger partial charge in [0.05, 0.1) is 31.9 Å². The maximum Gasteiger partial charge on any atom is 0.417 e. The topological polar surface area (TPSA) is 46.4 Å². The van der Waals surface area contributed by atoms with E-state index in [1.165, 1.54) is 16.7 Å². The fourth-order valence-electron chi connectivity index (χ4n) is 2.98. The Morgan fingerprint density at radius 1 is 0.968 bits per heavy atom. The minimum Gasteiger partial charge on any atom is -0.322 e. The Morgan fingerprint density at radius 2 is 1.71 bits per heavy atom. The van der Waals surface area contributed by atoms with E-state index in [4.69, 9.17) is 34.8 Å². The molecule has 4 aromatic rings. The normalized spacial score (nSPS) is 11.7. The number of amides is 1. The number of alkyl halides is 3. The fraction of sp³-hybridized carbons (Fsp3) is 0.0476. The number of carbonyl (C=O) groups excluding carboxylic acids is 1. The summed E-state index contributed by atoms with van der Waals surface area (Å²) in [7, 11) is 0. The van der Waals surface area contributed by atoms with E-state index >= 15 is 0 Å². The molecule has 0 atom stereocenters. The van der Waals surface area contributed by atoms with Gasteiger partial charge in [-0.2, -0.15) is 13.2 Å². The molecule has 0 aliphatic heterocycles. The minimum absolute atomic E-state index is 0.124. The van der Waals surface area contributed by atoms with Gasteiger partial charge < -0.3 is 9.72 Å². The van der Waals surface area contributed by atoms with E-state index in [0.717, 1.165) is 12.3 Å². The second-order valence-corrected chi connectivity index (χ2v) is 7.76. The summed E-state index contributed by atoms with van der Waals surface area (Å²) in [4.78, 5) is 16.9. The molecular weight excluding hydrogens is 474 g/mol. The molecule has 0 spiro atoms. The third-order valence-electron chi connectivity index (χ3n) is 4.45. The first-order valence-electron chi connectivity index (χ1n) is 8.75. The third-order valence-corrected chi connectivity index (χ3v) is 5.54. The Hall–Kier alpha value is -2.74. The number of nitrogens with one attached hydrogen (secondary N) is 1. The quantitative estimate of drug-likeness (QED) is 0.333. The van der Waals surface area contributed by atoms with Crippen LogP contribution in [0.1, 0.15) is 15.9 Å². The molecule has 0 saturated heterocycles. The van der Waals surface area contributed by atoms with Crippen LogP contribution in [0.15, 0.2) is 60.9 Å². The summed E-state index contributed by atoms with van der Waals surface area (Å²) in [6, 6.07) is 12.2. The van der Waals surface area contributed by atoms with Gasteiger partial charge >= 0.3 is 6.18 Å². The van der Waals surface area contributed by atoms with Crippen LogP contribution in [-0.4, -0.2) is 15.3 Å². The van der Waals surface area contributed by atoms with Crippen LogP contribution in [-0.2, 0) is 6.18 Å². The lowest BCUT2D eigenvalue weighted by Gasteiger charge is -2.08. The number of imidazole rings is 1. The first-order valence-corrected chi connectivity index (χ1v) is 9.88. The molecule has 0 unspecified atom stereocenters. The highest BCUT2D eigenvalue weighted by Gasteiger charge is 2.32. The van der Waals surface area contributed by atoms with Gasteiger partial charge in [0, 0.05) is 23.6 Å². The highest BCUT2D eigenvalue weighted by atomic mass is 35.5. The Balaban J connectivity index is 1.67. The maximum atomic E-state index is 13.0. The van der Waals surface area contributed by atoms with Crippen LogP contribution in [0, 0.1) is 0 Å². The summed E-state index contributed by atoms with van der Waals surface area (Å²) in [5, 5.41) is 2.98. The SMILES string of the molecule is O=C(Nc1cccc(-c2cn3cc(C(F)(F)F)cc(Cl)c3n2)c1)c1cccc(Cl)c1Cl. The van der Waals surface area contributed by atoms with E-state index in [1.54, 1.807) is 36.4 Å². The molecular formula is C21H11Cl3F3N3O. The second-order valence-electron chi connectivity index (χ2n) is 6.57. The predicted molar refractivity (Wildman–Crippen MR) is 115 cm³/mol. The van der Waals surface area contributed by atoms with E-state index in [0.29, 0.717) is 16.9 Å². The number of halogens is 6. The minimum atomic E-state index is -4.53. The summed E-state index contributed by atoms with van der Waals surface area (Å²) in [6.07, 6.45) is -2.18. The highest BCUT2D eigenvalue weighted by Crippen LogP contribution is 2.33.